The first-order chi connectivity index (χ1) is 10.5. The van der Waals surface area contributed by atoms with E-state index in [9.17, 15) is 4.79 Å². The van der Waals surface area contributed by atoms with Gasteiger partial charge in [-0.15, -0.1) is 0 Å². The number of rotatable bonds is 7. The molecule has 1 aliphatic carbocycles. The standard InChI is InChI=1S/C20H34O2Si/c1-17(2)9-13-20(14-10-18(21)11-15-20)12-8-16-22-23(6,7)19(3,4)5/h9-11,14-15H,8,12-13,16H2,1-7H3. The summed E-state index contributed by atoms with van der Waals surface area (Å²) in [5.41, 5.74) is 1.29. The number of allylic oxidation sites excluding steroid dienone is 6. The first kappa shape index (κ1) is 20.1. The van der Waals surface area contributed by atoms with Gasteiger partial charge >= 0.3 is 0 Å². The fraction of sp³-hybridized carbons (Fsp3) is 0.650. The second kappa shape index (κ2) is 7.76. The molecule has 0 atom stereocenters. The summed E-state index contributed by atoms with van der Waals surface area (Å²) in [6.07, 6.45) is 12.9. The molecule has 0 heterocycles. The molecule has 0 aromatic rings. The van der Waals surface area contributed by atoms with Gasteiger partial charge in [0.2, 0.25) is 0 Å². The number of ketones is 1. The van der Waals surface area contributed by atoms with Crippen molar-refractivity contribution in [1.82, 2.24) is 0 Å². The largest absolute Gasteiger partial charge is 0.417 e. The molecule has 0 bridgehead atoms. The van der Waals surface area contributed by atoms with Gasteiger partial charge in [-0.25, -0.2) is 0 Å². The van der Waals surface area contributed by atoms with E-state index in [1.807, 2.05) is 0 Å². The number of hydrogen-bond donors (Lipinski definition) is 0. The minimum Gasteiger partial charge on any atom is -0.417 e. The van der Waals surface area contributed by atoms with Crippen LogP contribution in [0.5, 0.6) is 0 Å². The molecule has 0 saturated heterocycles. The quantitative estimate of drug-likeness (QED) is 0.333. The molecule has 23 heavy (non-hydrogen) atoms. The van der Waals surface area contributed by atoms with Gasteiger partial charge in [-0.05, 0) is 63.4 Å². The number of carbonyl (C=O) groups excluding carboxylic acids is 1. The zero-order chi connectivity index (χ0) is 17.7. The average Bonchev–Trinajstić information content (AvgIpc) is 2.43. The zero-order valence-electron chi connectivity index (χ0n) is 16.0. The van der Waals surface area contributed by atoms with Crippen LogP contribution < -0.4 is 0 Å². The molecular weight excluding hydrogens is 300 g/mol. The summed E-state index contributed by atoms with van der Waals surface area (Å²) in [7, 11) is -1.67. The summed E-state index contributed by atoms with van der Waals surface area (Å²) in [6, 6.07) is 0. The third-order valence-electron chi connectivity index (χ3n) is 5.11. The minimum atomic E-state index is -1.67. The lowest BCUT2D eigenvalue weighted by Crippen LogP contribution is -2.41. The molecule has 0 aliphatic heterocycles. The average molecular weight is 335 g/mol. The molecule has 3 heteroatoms. The predicted molar refractivity (Wildman–Crippen MR) is 102 cm³/mol. The Morgan fingerprint density at radius 3 is 2.26 bits per heavy atom. The van der Waals surface area contributed by atoms with Crippen molar-refractivity contribution in [2.75, 3.05) is 6.61 Å². The van der Waals surface area contributed by atoms with Crippen molar-refractivity contribution in [3.05, 3.63) is 36.0 Å². The molecule has 0 saturated carbocycles. The summed E-state index contributed by atoms with van der Waals surface area (Å²) in [4.78, 5) is 11.5. The Morgan fingerprint density at radius 1 is 1.22 bits per heavy atom. The van der Waals surface area contributed by atoms with E-state index in [-0.39, 0.29) is 16.2 Å². The molecule has 0 fully saturated rings. The van der Waals surface area contributed by atoms with Crippen LogP contribution in [-0.2, 0) is 9.22 Å². The van der Waals surface area contributed by atoms with Crippen molar-refractivity contribution in [3.8, 4) is 0 Å². The third-order valence-corrected chi connectivity index (χ3v) is 9.64. The molecule has 1 aliphatic rings. The fourth-order valence-corrected chi connectivity index (χ4v) is 3.44. The molecule has 0 aromatic carbocycles. The van der Waals surface area contributed by atoms with E-state index < -0.39 is 8.32 Å². The van der Waals surface area contributed by atoms with Gasteiger partial charge in [0, 0.05) is 12.0 Å². The van der Waals surface area contributed by atoms with Gasteiger partial charge in [0.1, 0.15) is 0 Å². The van der Waals surface area contributed by atoms with Gasteiger partial charge < -0.3 is 4.43 Å². The molecule has 0 radical (unpaired) electrons. The topological polar surface area (TPSA) is 26.3 Å². The van der Waals surface area contributed by atoms with Crippen LogP contribution in [0.15, 0.2) is 36.0 Å². The molecular formula is C20H34O2Si. The minimum absolute atomic E-state index is 0.0258. The van der Waals surface area contributed by atoms with E-state index in [4.69, 9.17) is 4.43 Å². The van der Waals surface area contributed by atoms with Crippen LogP contribution in [0.1, 0.15) is 53.9 Å². The van der Waals surface area contributed by atoms with E-state index >= 15 is 0 Å². The number of hydrogen-bond acceptors (Lipinski definition) is 2. The summed E-state index contributed by atoms with van der Waals surface area (Å²) in [5.74, 6) is 0.0929. The lowest BCUT2D eigenvalue weighted by Gasteiger charge is -2.36. The molecule has 0 N–H and O–H groups in total. The molecule has 0 amide bonds. The SMILES string of the molecule is CC(C)=CCC1(CCCO[Si](C)(C)C(C)(C)C)C=CC(=O)C=C1. The van der Waals surface area contributed by atoms with Crippen LogP contribution in [0.25, 0.3) is 0 Å². The highest BCUT2D eigenvalue weighted by Gasteiger charge is 2.37. The molecule has 1 rings (SSSR count). The van der Waals surface area contributed by atoms with Gasteiger partial charge in [0.15, 0.2) is 14.1 Å². The van der Waals surface area contributed by atoms with Crippen molar-refractivity contribution >= 4 is 14.1 Å². The fourth-order valence-electron chi connectivity index (χ4n) is 2.35. The van der Waals surface area contributed by atoms with Crippen molar-refractivity contribution in [1.29, 1.82) is 0 Å². The van der Waals surface area contributed by atoms with Crippen molar-refractivity contribution in [3.63, 3.8) is 0 Å². The Hall–Kier alpha value is -0.933. The summed E-state index contributed by atoms with van der Waals surface area (Å²) < 4.78 is 6.29. The van der Waals surface area contributed by atoms with E-state index in [2.05, 4.69) is 65.9 Å². The zero-order valence-corrected chi connectivity index (χ0v) is 17.0. The van der Waals surface area contributed by atoms with Crippen LogP contribution in [0, 0.1) is 5.41 Å². The van der Waals surface area contributed by atoms with E-state index in [0.29, 0.717) is 0 Å². The van der Waals surface area contributed by atoms with Gasteiger partial charge in [0.05, 0.1) is 0 Å². The van der Waals surface area contributed by atoms with Crippen LogP contribution in [0.4, 0.5) is 0 Å². The summed E-state index contributed by atoms with van der Waals surface area (Å²) in [6.45, 7) is 16.5. The maximum absolute atomic E-state index is 11.5. The van der Waals surface area contributed by atoms with Crippen molar-refractivity contribution < 1.29 is 9.22 Å². The molecule has 0 aromatic heterocycles. The van der Waals surface area contributed by atoms with Crippen LogP contribution in [0.3, 0.4) is 0 Å². The summed E-state index contributed by atoms with van der Waals surface area (Å²) in [5, 5.41) is 0.254. The molecule has 130 valence electrons. The molecule has 0 unspecified atom stereocenters. The van der Waals surface area contributed by atoms with E-state index in [1.54, 1.807) is 12.2 Å². The maximum atomic E-state index is 11.5. The smallest absolute Gasteiger partial charge is 0.191 e. The Balaban J connectivity index is 2.63. The first-order valence-electron chi connectivity index (χ1n) is 8.67. The van der Waals surface area contributed by atoms with E-state index in [0.717, 1.165) is 25.9 Å². The highest BCUT2D eigenvalue weighted by atomic mass is 28.4. The summed E-state index contributed by atoms with van der Waals surface area (Å²) >= 11 is 0. The van der Waals surface area contributed by atoms with Crippen molar-refractivity contribution in [2.24, 2.45) is 5.41 Å². The predicted octanol–water partition coefficient (Wildman–Crippen LogP) is 5.83. The molecule has 2 nitrogen and oxygen atoms in total. The van der Waals surface area contributed by atoms with Gasteiger partial charge in [0.25, 0.3) is 0 Å². The van der Waals surface area contributed by atoms with Gasteiger partial charge in [-0.2, -0.15) is 0 Å². The van der Waals surface area contributed by atoms with Gasteiger partial charge in [-0.3, -0.25) is 4.79 Å². The highest BCUT2D eigenvalue weighted by molar-refractivity contribution is 6.74. The van der Waals surface area contributed by atoms with Crippen LogP contribution in [-0.4, -0.2) is 20.7 Å². The Morgan fingerprint density at radius 2 is 1.78 bits per heavy atom. The van der Waals surface area contributed by atoms with Crippen LogP contribution >= 0.6 is 0 Å². The number of carbonyl (C=O) groups is 1. The van der Waals surface area contributed by atoms with E-state index in [1.165, 1.54) is 5.57 Å². The molecule has 0 spiro atoms. The Labute approximate surface area is 143 Å². The van der Waals surface area contributed by atoms with Crippen LogP contribution in [0.2, 0.25) is 18.1 Å². The lowest BCUT2D eigenvalue weighted by molar-refractivity contribution is -0.110. The Kier molecular flexibility index (Phi) is 6.78. The normalized spacial score (nSPS) is 17.4. The maximum Gasteiger partial charge on any atom is 0.191 e. The second-order valence-corrected chi connectivity index (χ2v) is 13.3. The van der Waals surface area contributed by atoms with Crippen molar-refractivity contribution in [2.45, 2.75) is 72.0 Å². The highest BCUT2D eigenvalue weighted by Crippen LogP contribution is 2.38. The Bertz CT molecular complexity index is 484. The lowest BCUT2D eigenvalue weighted by atomic mass is 9.77. The monoisotopic (exact) mass is 334 g/mol. The first-order valence-corrected chi connectivity index (χ1v) is 11.6. The second-order valence-electron chi connectivity index (χ2n) is 8.50. The third kappa shape index (κ3) is 6.23. The van der Waals surface area contributed by atoms with Gasteiger partial charge in [-0.1, -0.05) is 44.6 Å².